The summed E-state index contributed by atoms with van der Waals surface area (Å²) >= 11 is 0. The molecule has 0 radical (unpaired) electrons. The van der Waals surface area contributed by atoms with Crippen molar-refractivity contribution in [3.63, 3.8) is 0 Å². The van der Waals surface area contributed by atoms with Gasteiger partial charge in [-0.05, 0) is 35.6 Å². The smallest absolute Gasteiger partial charge is 0.407 e. The Bertz CT molecular complexity index is 772. The first-order chi connectivity index (χ1) is 12.5. The number of benzene rings is 2. The molecule has 2 aromatic carbocycles. The summed E-state index contributed by atoms with van der Waals surface area (Å²) in [6.45, 7) is 3.65. The van der Waals surface area contributed by atoms with Crippen molar-refractivity contribution in [1.82, 2.24) is 5.32 Å². The van der Waals surface area contributed by atoms with E-state index < -0.39 is 18.0 Å². The lowest BCUT2D eigenvalue weighted by Crippen LogP contribution is -2.35. The highest BCUT2D eigenvalue weighted by Gasteiger charge is 2.29. The van der Waals surface area contributed by atoms with Crippen LogP contribution in [0.1, 0.15) is 37.3 Å². The van der Waals surface area contributed by atoms with E-state index in [0.29, 0.717) is 6.42 Å². The third-order valence-electron chi connectivity index (χ3n) is 4.84. The van der Waals surface area contributed by atoms with Crippen molar-refractivity contribution < 1.29 is 19.4 Å². The minimum atomic E-state index is -0.869. The number of hydrogen-bond acceptors (Lipinski definition) is 3. The van der Waals surface area contributed by atoms with Crippen molar-refractivity contribution in [1.29, 1.82) is 0 Å². The van der Waals surface area contributed by atoms with Gasteiger partial charge in [0, 0.05) is 12.0 Å². The van der Waals surface area contributed by atoms with Crippen molar-refractivity contribution in [2.24, 2.45) is 5.92 Å². The number of alkyl carbamates (subject to hydrolysis) is 1. The number of nitrogens with one attached hydrogen (secondary N) is 1. The molecule has 2 atom stereocenters. The number of carbonyl (C=O) groups is 2. The Morgan fingerprint density at radius 2 is 1.58 bits per heavy atom. The number of aliphatic carboxylic acids is 1. The monoisotopic (exact) mass is 353 g/mol. The van der Waals surface area contributed by atoms with Gasteiger partial charge >= 0.3 is 12.1 Å². The molecule has 0 fully saturated rings. The SMILES string of the molecule is C[C@H](C[C@H](C)C(=O)O)NC(=O)OCC1c2ccccc2-c2ccccc21. The largest absolute Gasteiger partial charge is 0.481 e. The van der Waals surface area contributed by atoms with Crippen LogP contribution in [0.2, 0.25) is 0 Å². The molecule has 5 heteroatoms. The van der Waals surface area contributed by atoms with Gasteiger partial charge < -0.3 is 15.2 Å². The van der Waals surface area contributed by atoms with Gasteiger partial charge in [0.2, 0.25) is 0 Å². The van der Waals surface area contributed by atoms with Gasteiger partial charge in [0.05, 0.1) is 5.92 Å². The van der Waals surface area contributed by atoms with Crippen LogP contribution in [0.3, 0.4) is 0 Å². The Labute approximate surface area is 153 Å². The molecule has 136 valence electrons. The minimum absolute atomic E-state index is 0.0152. The maximum atomic E-state index is 12.1. The quantitative estimate of drug-likeness (QED) is 0.822. The van der Waals surface area contributed by atoms with Crippen molar-refractivity contribution in [3.05, 3.63) is 59.7 Å². The van der Waals surface area contributed by atoms with E-state index >= 15 is 0 Å². The molecule has 1 aliphatic carbocycles. The molecule has 0 saturated heterocycles. The fraction of sp³-hybridized carbons (Fsp3) is 0.333. The summed E-state index contributed by atoms with van der Waals surface area (Å²) in [4.78, 5) is 23.0. The molecular weight excluding hydrogens is 330 g/mol. The number of amides is 1. The van der Waals surface area contributed by atoms with Crippen LogP contribution in [0.15, 0.2) is 48.5 Å². The standard InChI is InChI=1S/C21H23NO4/c1-13(20(23)24)11-14(2)22-21(25)26-12-19-17-9-5-3-7-15(17)16-8-4-6-10-18(16)19/h3-10,13-14,19H,11-12H2,1-2H3,(H,22,25)(H,23,24)/t13-,14+/m0/s1. The Hall–Kier alpha value is -2.82. The van der Waals surface area contributed by atoms with E-state index in [-0.39, 0.29) is 18.6 Å². The van der Waals surface area contributed by atoms with Crippen molar-refractivity contribution in [2.45, 2.75) is 32.2 Å². The first-order valence-corrected chi connectivity index (χ1v) is 8.81. The summed E-state index contributed by atoms with van der Waals surface area (Å²) in [5.41, 5.74) is 4.68. The second-order valence-corrected chi connectivity index (χ2v) is 6.85. The number of rotatable bonds is 6. The molecular formula is C21H23NO4. The van der Waals surface area contributed by atoms with E-state index in [0.717, 1.165) is 11.1 Å². The molecule has 0 aliphatic heterocycles. The normalized spacial score (nSPS) is 14.8. The third-order valence-corrected chi connectivity index (χ3v) is 4.84. The van der Waals surface area contributed by atoms with Crippen molar-refractivity contribution in [3.8, 4) is 11.1 Å². The van der Waals surface area contributed by atoms with Gasteiger partial charge in [-0.15, -0.1) is 0 Å². The lowest BCUT2D eigenvalue weighted by atomic mass is 9.98. The van der Waals surface area contributed by atoms with Gasteiger partial charge in [0.25, 0.3) is 0 Å². The predicted molar refractivity (Wildman–Crippen MR) is 99.1 cm³/mol. The van der Waals surface area contributed by atoms with E-state index in [1.54, 1.807) is 13.8 Å². The Morgan fingerprint density at radius 3 is 2.12 bits per heavy atom. The molecule has 2 N–H and O–H groups in total. The van der Waals surface area contributed by atoms with Crippen LogP contribution < -0.4 is 5.32 Å². The molecule has 0 spiro atoms. The maximum absolute atomic E-state index is 12.1. The molecule has 26 heavy (non-hydrogen) atoms. The summed E-state index contributed by atoms with van der Waals surface area (Å²) < 4.78 is 5.45. The van der Waals surface area contributed by atoms with E-state index in [2.05, 4.69) is 29.6 Å². The van der Waals surface area contributed by atoms with Gasteiger partial charge in [0.1, 0.15) is 6.61 Å². The first kappa shape index (κ1) is 18.0. The van der Waals surface area contributed by atoms with E-state index in [1.807, 2.05) is 24.3 Å². The number of carboxylic acids is 1. The molecule has 2 aromatic rings. The molecule has 1 amide bonds. The van der Waals surface area contributed by atoms with Gasteiger partial charge in [-0.25, -0.2) is 4.79 Å². The highest BCUT2D eigenvalue weighted by molar-refractivity contribution is 5.79. The van der Waals surface area contributed by atoms with Crippen LogP contribution in [-0.4, -0.2) is 29.8 Å². The number of fused-ring (bicyclic) bond motifs is 3. The predicted octanol–water partition coefficient (Wildman–Crippen LogP) is 4.02. The summed E-state index contributed by atoms with van der Waals surface area (Å²) in [5, 5.41) is 11.7. The summed E-state index contributed by atoms with van der Waals surface area (Å²) in [6.07, 6.45) is -0.156. The summed E-state index contributed by atoms with van der Waals surface area (Å²) in [5.74, 6) is -1.37. The van der Waals surface area contributed by atoms with Gasteiger partial charge in [-0.2, -0.15) is 0 Å². The number of hydrogen-bond donors (Lipinski definition) is 2. The Morgan fingerprint density at radius 1 is 1.04 bits per heavy atom. The summed E-state index contributed by atoms with van der Waals surface area (Å²) in [6, 6.07) is 16.1. The average Bonchev–Trinajstić information content (AvgIpc) is 2.93. The molecule has 1 aliphatic rings. The molecule has 0 saturated carbocycles. The number of carboxylic acid groups (broad SMARTS) is 1. The Kier molecular flexibility index (Phi) is 5.26. The zero-order chi connectivity index (χ0) is 18.7. The third kappa shape index (κ3) is 3.72. The zero-order valence-electron chi connectivity index (χ0n) is 14.9. The van der Waals surface area contributed by atoms with Crippen LogP contribution in [0.5, 0.6) is 0 Å². The fourth-order valence-electron chi connectivity index (χ4n) is 3.53. The molecule has 0 bridgehead atoms. The van der Waals surface area contributed by atoms with Crippen LogP contribution in [0, 0.1) is 5.92 Å². The van der Waals surface area contributed by atoms with Crippen LogP contribution in [0.25, 0.3) is 11.1 Å². The summed E-state index contributed by atoms with van der Waals surface area (Å²) in [7, 11) is 0. The van der Waals surface area contributed by atoms with Crippen molar-refractivity contribution in [2.75, 3.05) is 6.61 Å². The lowest BCUT2D eigenvalue weighted by molar-refractivity contribution is -0.141. The van der Waals surface area contributed by atoms with E-state index in [4.69, 9.17) is 9.84 Å². The van der Waals surface area contributed by atoms with E-state index in [1.165, 1.54) is 11.1 Å². The highest BCUT2D eigenvalue weighted by atomic mass is 16.5. The fourth-order valence-corrected chi connectivity index (χ4v) is 3.53. The Balaban J connectivity index is 1.63. The highest BCUT2D eigenvalue weighted by Crippen LogP contribution is 2.44. The lowest BCUT2D eigenvalue weighted by Gasteiger charge is -2.18. The molecule has 0 aromatic heterocycles. The molecule has 5 nitrogen and oxygen atoms in total. The number of carbonyl (C=O) groups excluding carboxylic acids is 1. The minimum Gasteiger partial charge on any atom is -0.481 e. The molecule has 0 heterocycles. The van der Waals surface area contributed by atoms with Gasteiger partial charge in [-0.1, -0.05) is 55.5 Å². The first-order valence-electron chi connectivity index (χ1n) is 8.81. The topological polar surface area (TPSA) is 75.6 Å². The second-order valence-electron chi connectivity index (χ2n) is 6.85. The molecule has 0 unspecified atom stereocenters. The second kappa shape index (κ2) is 7.60. The van der Waals surface area contributed by atoms with Crippen LogP contribution >= 0.6 is 0 Å². The zero-order valence-corrected chi connectivity index (χ0v) is 14.9. The van der Waals surface area contributed by atoms with Crippen molar-refractivity contribution >= 4 is 12.1 Å². The van der Waals surface area contributed by atoms with E-state index in [9.17, 15) is 9.59 Å². The van der Waals surface area contributed by atoms with Gasteiger partial charge in [0.15, 0.2) is 0 Å². The van der Waals surface area contributed by atoms with Gasteiger partial charge in [-0.3, -0.25) is 4.79 Å². The number of ether oxygens (including phenoxy) is 1. The molecule has 3 rings (SSSR count). The van der Waals surface area contributed by atoms with Crippen LogP contribution in [0.4, 0.5) is 4.79 Å². The van der Waals surface area contributed by atoms with Crippen LogP contribution in [-0.2, 0) is 9.53 Å². The maximum Gasteiger partial charge on any atom is 0.407 e. The average molecular weight is 353 g/mol.